The number of likely N-dealkylation sites (N-methyl/N-ethyl adjacent to an activating group) is 1. The van der Waals surface area contributed by atoms with Crippen LogP contribution in [0.25, 0.3) is 0 Å². The molecule has 0 aliphatic heterocycles. The molecule has 0 saturated heterocycles. The summed E-state index contributed by atoms with van der Waals surface area (Å²) < 4.78 is 22.9. The number of hydrogen-bond acceptors (Lipinski definition) is 3. The van der Waals surface area contributed by atoms with Crippen molar-refractivity contribution in [3.05, 3.63) is 28.8 Å². The average molecular weight is 248 g/mol. The Morgan fingerprint density at radius 1 is 1.40 bits per heavy atom. The van der Waals surface area contributed by atoms with Crippen molar-refractivity contribution in [2.24, 2.45) is 0 Å². The fraction of sp³-hybridized carbons (Fsp3) is 0.400. The summed E-state index contributed by atoms with van der Waals surface area (Å²) in [4.78, 5) is 0.363. The van der Waals surface area contributed by atoms with Gasteiger partial charge < -0.3 is 5.32 Å². The number of hydrogen-bond donors (Lipinski definition) is 1. The van der Waals surface area contributed by atoms with Crippen LogP contribution in [0.15, 0.2) is 23.1 Å². The zero-order valence-electron chi connectivity index (χ0n) is 8.75. The second kappa shape index (κ2) is 4.96. The van der Waals surface area contributed by atoms with Crippen molar-refractivity contribution in [3.63, 3.8) is 0 Å². The number of nitrogens with one attached hydrogen (secondary N) is 1. The van der Waals surface area contributed by atoms with E-state index in [0.29, 0.717) is 16.3 Å². The summed E-state index contributed by atoms with van der Waals surface area (Å²) in [6, 6.07) is 4.86. The Balaban J connectivity index is 3.15. The Bertz CT molecular complexity index is 443. The first-order valence-corrected chi connectivity index (χ1v) is 6.85. The summed E-state index contributed by atoms with van der Waals surface area (Å²) >= 11 is 5.83. The molecule has 0 radical (unpaired) electrons. The van der Waals surface area contributed by atoms with Crippen molar-refractivity contribution in [1.82, 2.24) is 5.32 Å². The molecule has 84 valence electrons. The lowest BCUT2D eigenvalue weighted by Crippen LogP contribution is -2.12. The van der Waals surface area contributed by atoms with Crippen LogP contribution in [-0.2, 0) is 16.3 Å². The average Bonchev–Trinajstić information content (AvgIpc) is 2.12. The third-order valence-corrected chi connectivity index (χ3v) is 3.50. The van der Waals surface area contributed by atoms with Gasteiger partial charge in [-0.15, -0.1) is 0 Å². The Kier molecular flexibility index (Phi) is 4.13. The standard InChI is InChI=1S/C10H14ClNO2S/c1-12-6-5-8-7-9(11)3-4-10(8)15(2,13)14/h3-4,7,12H,5-6H2,1-2H3. The summed E-state index contributed by atoms with van der Waals surface area (Å²) in [6.45, 7) is 0.725. The first-order valence-electron chi connectivity index (χ1n) is 4.58. The smallest absolute Gasteiger partial charge is 0.175 e. The molecule has 3 nitrogen and oxygen atoms in total. The minimum absolute atomic E-state index is 0.363. The third-order valence-electron chi connectivity index (χ3n) is 2.07. The lowest BCUT2D eigenvalue weighted by Gasteiger charge is -2.08. The maximum atomic E-state index is 11.5. The predicted octanol–water partition coefficient (Wildman–Crippen LogP) is 1.51. The lowest BCUT2D eigenvalue weighted by atomic mass is 10.1. The minimum Gasteiger partial charge on any atom is -0.319 e. The van der Waals surface area contributed by atoms with Gasteiger partial charge in [-0.2, -0.15) is 0 Å². The SMILES string of the molecule is CNCCc1cc(Cl)ccc1S(C)(=O)=O. The van der Waals surface area contributed by atoms with E-state index in [9.17, 15) is 8.42 Å². The molecule has 0 saturated carbocycles. The summed E-state index contributed by atoms with van der Waals surface area (Å²) in [5, 5.41) is 3.54. The van der Waals surface area contributed by atoms with E-state index in [1.54, 1.807) is 18.2 Å². The molecule has 0 aromatic heterocycles. The molecule has 5 heteroatoms. The van der Waals surface area contributed by atoms with Crippen molar-refractivity contribution in [3.8, 4) is 0 Å². The van der Waals surface area contributed by atoms with Gasteiger partial charge in [0.2, 0.25) is 0 Å². The number of sulfone groups is 1. The normalized spacial score (nSPS) is 11.7. The number of benzene rings is 1. The molecule has 0 amide bonds. The van der Waals surface area contributed by atoms with E-state index >= 15 is 0 Å². The molecule has 0 heterocycles. The minimum atomic E-state index is -3.17. The highest BCUT2D eigenvalue weighted by Crippen LogP contribution is 2.20. The Hall–Kier alpha value is -0.580. The van der Waals surface area contributed by atoms with Crippen molar-refractivity contribution < 1.29 is 8.42 Å². The predicted molar refractivity (Wildman–Crippen MR) is 62.2 cm³/mol. The highest BCUT2D eigenvalue weighted by Gasteiger charge is 2.12. The van der Waals surface area contributed by atoms with Crippen LogP contribution >= 0.6 is 11.6 Å². The van der Waals surface area contributed by atoms with Crippen LogP contribution < -0.4 is 5.32 Å². The van der Waals surface area contributed by atoms with Crippen LogP contribution in [0.3, 0.4) is 0 Å². The molecule has 1 aromatic rings. The number of rotatable bonds is 4. The van der Waals surface area contributed by atoms with E-state index in [1.165, 1.54) is 6.26 Å². The highest BCUT2D eigenvalue weighted by molar-refractivity contribution is 7.90. The molecule has 15 heavy (non-hydrogen) atoms. The molecule has 1 N–H and O–H groups in total. The van der Waals surface area contributed by atoms with Gasteiger partial charge in [-0.25, -0.2) is 8.42 Å². The molecule has 0 spiro atoms. The van der Waals surface area contributed by atoms with Crippen LogP contribution in [0.4, 0.5) is 0 Å². The van der Waals surface area contributed by atoms with Gasteiger partial charge in [-0.1, -0.05) is 11.6 Å². The molecular formula is C10H14ClNO2S. The largest absolute Gasteiger partial charge is 0.319 e. The first kappa shape index (κ1) is 12.5. The van der Waals surface area contributed by atoms with Crippen LogP contribution in [0, 0.1) is 0 Å². The van der Waals surface area contributed by atoms with Crippen LogP contribution in [-0.4, -0.2) is 28.3 Å². The molecular weight excluding hydrogens is 234 g/mol. The van der Waals surface area contributed by atoms with E-state index in [1.807, 2.05) is 7.05 Å². The lowest BCUT2D eigenvalue weighted by molar-refractivity contribution is 0.600. The van der Waals surface area contributed by atoms with Gasteiger partial charge in [0.05, 0.1) is 4.90 Å². The molecule has 1 rings (SSSR count). The summed E-state index contributed by atoms with van der Waals surface area (Å²) in [6.07, 6.45) is 1.86. The molecule has 0 unspecified atom stereocenters. The maximum absolute atomic E-state index is 11.5. The second-order valence-corrected chi connectivity index (χ2v) is 5.80. The summed E-state index contributed by atoms with van der Waals surface area (Å²) in [5.41, 5.74) is 0.763. The van der Waals surface area contributed by atoms with Crippen LogP contribution in [0.1, 0.15) is 5.56 Å². The quantitative estimate of drug-likeness (QED) is 0.877. The summed E-state index contributed by atoms with van der Waals surface area (Å²) in [7, 11) is -1.34. The number of halogens is 1. The fourth-order valence-corrected chi connectivity index (χ4v) is 2.51. The van der Waals surface area contributed by atoms with Crippen LogP contribution in [0.5, 0.6) is 0 Å². The van der Waals surface area contributed by atoms with Gasteiger partial charge in [0, 0.05) is 11.3 Å². The van der Waals surface area contributed by atoms with E-state index in [-0.39, 0.29) is 0 Å². The highest BCUT2D eigenvalue weighted by atomic mass is 35.5. The maximum Gasteiger partial charge on any atom is 0.175 e. The third kappa shape index (κ3) is 3.48. The van der Waals surface area contributed by atoms with Crippen molar-refractivity contribution in [1.29, 1.82) is 0 Å². The molecule has 0 atom stereocenters. The molecule has 0 aliphatic rings. The topological polar surface area (TPSA) is 46.2 Å². The van der Waals surface area contributed by atoms with Gasteiger partial charge >= 0.3 is 0 Å². The Morgan fingerprint density at radius 3 is 2.60 bits per heavy atom. The van der Waals surface area contributed by atoms with Gasteiger partial charge in [0.25, 0.3) is 0 Å². The first-order chi connectivity index (χ1) is 6.95. The van der Waals surface area contributed by atoms with Gasteiger partial charge in [0.1, 0.15) is 0 Å². The van der Waals surface area contributed by atoms with Crippen LogP contribution in [0.2, 0.25) is 5.02 Å². The van der Waals surface area contributed by atoms with E-state index in [0.717, 1.165) is 12.1 Å². The molecule has 1 aromatic carbocycles. The van der Waals surface area contributed by atoms with E-state index < -0.39 is 9.84 Å². The zero-order valence-corrected chi connectivity index (χ0v) is 10.3. The van der Waals surface area contributed by atoms with E-state index in [4.69, 9.17) is 11.6 Å². The van der Waals surface area contributed by atoms with Gasteiger partial charge in [-0.05, 0) is 43.8 Å². The van der Waals surface area contributed by atoms with E-state index in [2.05, 4.69) is 5.32 Å². The second-order valence-electron chi connectivity index (χ2n) is 3.38. The van der Waals surface area contributed by atoms with Crippen molar-refractivity contribution >= 4 is 21.4 Å². The fourth-order valence-electron chi connectivity index (χ4n) is 1.36. The monoisotopic (exact) mass is 247 g/mol. The summed E-state index contributed by atoms with van der Waals surface area (Å²) in [5.74, 6) is 0. The molecule has 0 aliphatic carbocycles. The van der Waals surface area contributed by atoms with Gasteiger partial charge in [0.15, 0.2) is 9.84 Å². The van der Waals surface area contributed by atoms with Crippen molar-refractivity contribution in [2.75, 3.05) is 19.8 Å². The Morgan fingerprint density at radius 2 is 2.07 bits per heavy atom. The Labute approximate surface area is 95.4 Å². The molecule has 0 bridgehead atoms. The van der Waals surface area contributed by atoms with Gasteiger partial charge in [-0.3, -0.25) is 0 Å². The molecule has 0 fully saturated rings. The zero-order chi connectivity index (χ0) is 11.5. The van der Waals surface area contributed by atoms with Crippen molar-refractivity contribution in [2.45, 2.75) is 11.3 Å².